The molecule has 0 amide bonds. The van der Waals surface area contributed by atoms with Crippen LogP contribution in [0.15, 0.2) is 18.3 Å². The highest BCUT2D eigenvalue weighted by atomic mass is 14.7. The summed E-state index contributed by atoms with van der Waals surface area (Å²) >= 11 is 0. The molecule has 1 fully saturated rings. The van der Waals surface area contributed by atoms with Gasteiger partial charge in [0.1, 0.15) is 0 Å². The summed E-state index contributed by atoms with van der Waals surface area (Å²) in [5.41, 5.74) is 2.73. The first-order valence-corrected chi connectivity index (χ1v) is 4.35. The fourth-order valence-corrected chi connectivity index (χ4v) is 1.32. The van der Waals surface area contributed by atoms with Crippen LogP contribution in [-0.2, 0) is 6.42 Å². The molecule has 0 atom stereocenters. The summed E-state index contributed by atoms with van der Waals surface area (Å²) < 4.78 is 0. The van der Waals surface area contributed by atoms with Crippen LogP contribution in [0.5, 0.6) is 0 Å². The highest BCUT2D eigenvalue weighted by molar-refractivity contribution is 5.21. The molecule has 11 heavy (non-hydrogen) atoms. The zero-order valence-electron chi connectivity index (χ0n) is 6.88. The third-order valence-electron chi connectivity index (χ3n) is 2.25. The molecule has 0 spiro atoms. The molecule has 1 nitrogen and oxygen atoms in total. The van der Waals surface area contributed by atoms with E-state index in [1.807, 2.05) is 6.20 Å². The third kappa shape index (κ3) is 1.42. The fraction of sp³-hybridized carbons (Fsp3) is 0.500. The number of nitrogens with zero attached hydrogens (tertiary/aromatic N) is 1. The first-order valence-electron chi connectivity index (χ1n) is 4.35. The zero-order valence-corrected chi connectivity index (χ0v) is 6.88. The molecule has 0 aliphatic heterocycles. The summed E-state index contributed by atoms with van der Waals surface area (Å²) in [5, 5.41) is 0. The second-order valence-electron chi connectivity index (χ2n) is 3.22. The van der Waals surface area contributed by atoms with Gasteiger partial charge in [0.05, 0.1) is 0 Å². The van der Waals surface area contributed by atoms with Crippen LogP contribution >= 0.6 is 0 Å². The standard InChI is InChI=1S/C10H13N/c1-2-8-5-6-11-10(7-8)9-3-4-9/h5-7,9H,2-4H2,1H3. The second-order valence-corrected chi connectivity index (χ2v) is 3.22. The van der Waals surface area contributed by atoms with E-state index < -0.39 is 0 Å². The van der Waals surface area contributed by atoms with Gasteiger partial charge in [0.15, 0.2) is 0 Å². The van der Waals surface area contributed by atoms with E-state index >= 15 is 0 Å². The van der Waals surface area contributed by atoms with E-state index in [9.17, 15) is 0 Å². The Bertz CT molecular complexity index is 251. The number of hydrogen-bond donors (Lipinski definition) is 0. The van der Waals surface area contributed by atoms with Crippen molar-refractivity contribution < 1.29 is 0 Å². The molecule has 0 N–H and O–H groups in total. The van der Waals surface area contributed by atoms with Crippen molar-refractivity contribution in [3.05, 3.63) is 29.6 Å². The lowest BCUT2D eigenvalue weighted by molar-refractivity contribution is 0.995. The largest absolute Gasteiger partial charge is 0.261 e. The monoisotopic (exact) mass is 147 g/mol. The third-order valence-corrected chi connectivity index (χ3v) is 2.25. The summed E-state index contributed by atoms with van der Waals surface area (Å²) in [6.45, 7) is 2.19. The lowest BCUT2D eigenvalue weighted by Crippen LogP contribution is -1.88. The van der Waals surface area contributed by atoms with Crippen LogP contribution in [0.3, 0.4) is 0 Å². The molecular weight excluding hydrogens is 134 g/mol. The Balaban J connectivity index is 2.26. The topological polar surface area (TPSA) is 12.9 Å². The maximum absolute atomic E-state index is 4.35. The van der Waals surface area contributed by atoms with Gasteiger partial charge in [-0.15, -0.1) is 0 Å². The van der Waals surface area contributed by atoms with E-state index in [-0.39, 0.29) is 0 Å². The number of hydrogen-bond acceptors (Lipinski definition) is 1. The molecule has 1 aromatic heterocycles. The van der Waals surface area contributed by atoms with Crippen molar-refractivity contribution in [3.63, 3.8) is 0 Å². The van der Waals surface area contributed by atoms with E-state index in [0.29, 0.717) is 0 Å². The smallest absolute Gasteiger partial charge is 0.0437 e. The van der Waals surface area contributed by atoms with Gasteiger partial charge in [0, 0.05) is 17.8 Å². The number of aryl methyl sites for hydroxylation is 1. The molecule has 1 aromatic rings. The van der Waals surface area contributed by atoms with Crippen molar-refractivity contribution in [1.82, 2.24) is 4.98 Å². The Kier molecular flexibility index (Phi) is 1.65. The molecule has 2 rings (SSSR count). The van der Waals surface area contributed by atoms with Crippen molar-refractivity contribution in [2.24, 2.45) is 0 Å². The SMILES string of the molecule is CCc1ccnc(C2CC2)c1. The predicted octanol–water partition coefficient (Wildman–Crippen LogP) is 2.52. The molecule has 0 unspecified atom stereocenters. The Morgan fingerprint density at radius 3 is 3.00 bits per heavy atom. The van der Waals surface area contributed by atoms with Gasteiger partial charge in [0.2, 0.25) is 0 Å². The molecule has 1 saturated carbocycles. The molecule has 1 heteroatoms. The van der Waals surface area contributed by atoms with E-state index in [0.717, 1.165) is 12.3 Å². The molecule has 0 radical (unpaired) electrons. The maximum atomic E-state index is 4.35. The van der Waals surface area contributed by atoms with Crippen molar-refractivity contribution in [3.8, 4) is 0 Å². The number of aromatic nitrogens is 1. The minimum absolute atomic E-state index is 0.793. The number of pyridine rings is 1. The van der Waals surface area contributed by atoms with Crippen molar-refractivity contribution >= 4 is 0 Å². The normalized spacial score (nSPS) is 16.8. The molecule has 0 bridgehead atoms. The van der Waals surface area contributed by atoms with Crippen molar-refractivity contribution in [1.29, 1.82) is 0 Å². The van der Waals surface area contributed by atoms with Gasteiger partial charge in [-0.3, -0.25) is 4.98 Å². The molecular formula is C10H13N. The van der Waals surface area contributed by atoms with Crippen LogP contribution in [0.2, 0.25) is 0 Å². The lowest BCUT2D eigenvalue weighted by atomic mass is 10.1. The van der Waals surface area contributed by atoms with Crippen LogP contribution in [0.4, 0.5) is 0 Å². The van der Waals surface area contributed by atoms with E-state index in [1.54, 1.807) is 0 Å². The first kappa shape index (κ1) is 6.84. The Morgan fingerprint density at radius 1 is 1.55 bits per heavy atom. The molecule has 1 heterocycles. The van der Waals surface area contributed by atoms with Crippen LogP contribution in [0.25, 0.3) is 0 Å². The van der Waals surface area contributed by atoms with Gasteiger partial charge in [-0.05, 0) is 37.0 Å². The molecule has 1 aliphatic carbocycles. The Morgan fingerprint density at radius 2 is 2.36 bits per heavy atom. The van der Waals surface area contributed by atoms with Gasteiger partial charge in [-0.2, -0.15) is 0 Å². The predicted molar refractivity (Wildman–Crippen MR) is 45.6 cm³/mol. The fourth-order valence-electron chi connectivity index (χ4n) is 1.32. The van der Waals surface area contributed by atoms with Crippen LogP contribution < -0.4 is 0 Å². The number of rotatable bonds is 2. The molecule has 0 aromatic carbocycles. The van der Waals surface area contributed by atoms with Gasteiger partial charge in [-0.25, -0.2) is 0 Å². The van der Waals surface area contributed by atoms with Gasteiger partial charge in [-0.1, -0.05) is 6.92 Å². The summed E-state index contributed by atoms with van der Waals surface area (Å²) in [6.07, 6.45) is 5.76. The maximum Gasteiger partial charge on any atom is 0.0437 e. The van der Waals surface area contributed by atoms with Crippen LogP contribution in [-0.4, -0.2) is 4.98 Å². The summed E-state index contributed by atoms with van der Waals surface area (Å²) in [5.74, 6) is 0.793. The lowest BCUT2D eigenvalue weighted by Gasteiger charge is -1.99. The molecule has 1 aliphatic rings. The average Bonchev–Trinajstić information content (AvgIpc) is 2.87. The van der Waals surface area contributed by atoms with E-state index in [2.05, 4.69) is 24.0 Å². The Hall–Kier alpha value is -0.850. The zero-order chi connectivity index (χ0) is 7.68. The Labute approximate surface area is 67.5 Å². The van der Waals surface area contributed by atoms with E-state index in [1.165, 1.54) is 24.1 Å². The second kappa shape index (κ2) is 2.65. The van der Waals surface area contributed by atoms with Gasteiger partial charge < -0.3 is 0 Å². The summed E-state index contributed by atoms with van der Waals surface area (Å²) in [4.78, 5) is 4.35. The molecule has 0 saturated heterocycles. The van der Waals surface area contributed by atoms with Gasteiger partial charge >= 0.3 is 0 Å². The van der Waals surface area contributed by atoms with E-state index in [4.69, 9.17) is 0 Å². The minimum atomic E-state index is 0.793. The summed E-state index contributed by atoms with van der Waals surface area (Å²) in [6, 6.07) is 4.35. The molecule has 58 valence electrons. The van der Waals surface area contributed by atoms with Crippen molar-refractivity contribution in [2.75, 3.05) is 0 Å². The van der Waals surface area contributed by atoms with Crippen LogP contribution in [0.1, 0.15) is 36.9 Å². The quantitative estimate of drug-likeness (QED) is 0.626. The summed E-state index contributed by atoms with van der Waals surface area (Å²) in [7, 11) is 0. The highest BCUT2D eigenvalue weighted by Crippen LogP contribution is 2.38. The highest BCUT2D eigenvalue weighted by Gasteiger charge is 2.24. The van der Waals surface area contributed by atoms with Crippen molar-refractivity contribution in [2.45, 2.75) is 32.1 Å². The van der Waals surface area contributed by atoms with Crippen LogP contribution in [0, 0.1) is 0 Å². The van der Waals surface area contributed by atoms with Gasteiger partial charge in [0.25, 0.3) is 0 Å². The first-order chi connectivity index (χ1) is 5.40. The minimum Gasteiger partial charge on any atom is -0.261 e. The average molecular weight is 147 g/mol.